The van der Waals surface area contributed by atoms with Crippen LogP contribution in [-0.4, -0.2) is 41.5 Å². The second kappa shape index (κ2) is 6.95. The number of methoxy groups -OCH3 is 1. The fourth-order valence-corrected chi connectivity index (χ4v) is 3.02. The van der Waals surface area contributed by atoms with Gasteiger partial charge in [0.25, 0.3) is 0 Å². The van der Waals surface area contributed by atoms with Gasteiger partial charge >= 0.3 is 5.97 Å². The van der Waals surface area contributed by atoms with Crippen molar-refractivity contribution in [1.82, 2.24) is 4.90 Å². The van der Waals surface area contributed by atoms with Gasteiger partial charge in [0.05, 0.1) is 13.2 Å². The number of Topliss-reactive ketones (excluding diaryl/α,β-unsaturated/α-hetero) is 2. The number of ether oxygens (including phenoxy) is 1. The van der Waals surface area contributed by atoms with Crippen molar-refractivity contribution in [3.05, 3.63) is 34.9 Å². The number of carbonyl (C=O) groups excluding carboxylic acids is 4. The summed E-state index contributed by atoms with van der Waals surface area (Å²) < 4.78 is 4.78. The van der Waals surface area contributed by atoms with E-state index in [-0.39, 0.29) is 23.9 Å². The first-order chi connectivity index (χ1) is 11.3. The first-order valence-electron chi connectivity index (χ1n) is 7.82. The zero-order valence-electron chi connectivity index (χ0n) is 14.3. The molecule has 0 spiro atoms. The predicted octanol–water partition coefficient (Wildman–Crippen LogP) is 2.32. The molecule has 1 aromatic rings. The maximum Gasteiger partial charge on any atom is 0.328 e. The molecule has 0 radical (unpaired) electrons. The normalized spacial score (nSPS) is 18.4. The van der Waals surface area contributed by atoms with E-state index in [1.54, 1.807) is 25.1 Å². The quantitative estimate of drug-likeness (QED) is 0.611. The van der Waals surface area contributed by atoms with Crippen molar-refractivity contribution in [3.63, 3.8) is 0 Å². The summed E-state index contributed by atoms with van der Waals surface area (Å²) in [4.78, 5) is 49.1. The molecule has 24 heavy (non-hydrogen) atoms. The molecule has 6 nitrogen and oxygen atoms in total. The molecule has 2 rings (SSSR count). The van der Waals surface area contributed by atoms with Gasteiger partial charge in [-0.2, -0.15) is 0 Å². The first-order valence-corrected chi connectivity index (χ1v) is 7.82. The second-order valence-electron chi connectivity index (χ2n) is 6.01. The minimum absolute atomic E-state index is 0.143. The topological polar surface area (TPSA) is 80.8 Å². The van der Waals surface area contributed by atoms with E-state index in [0.29, 0.717) is 23.1 Å². The summed E-state index contributed by atoms with van der Waals surface area (Å²) in [6, 6.07) is 3.80. The molecule has 0 saturated carbocycles. The van der Waals surface area contributed by atoms with Gasteiger partial charge in [0.2, 0.25) is 5.91 Å². The molecular weight excluding hydrogens is 310 g/mol. The van der Waals surface area contributed by atoms with Crippen LogP contribution in [0.1, 0.15) is 65.9 Å². The lowest BCUT2D eigenvalue weighted by molar-refractivity contribution is -0.150. The predicted molar refractivity (Wildman–Crippen MR) is 86.8 cm³/mol. The molecule has 1 heterocycles. The molecule has 2 unspecified atom stereocenters. The summed E-state index contributed by atoms with van der Waals surface area (Å²) in [5.74, 6) is -0.926. The average Bonchev–Trinajstić information content (AvgIpc) is 2.94. The SMILES string of the molecule is COC(=O)C1CCC(=O)N1C(C)c1cc(C(C)=O)cc(C(C)=O)c1. The Morgan fingerprint density at radius 3 is 2.12 bits per heavy atom. The van der Waals surface area contributed by atoms with E-state index >= 15 is 0 Å². The van der Waals surface area contributed by atoms with E-state index in [1.165, 1.54) is 25.9 Å². The summed E-state index contributed by atoms with van der Waals surface area (Å²) >= 11 is 0. The Morgan fingerprint density at radius 2 is 1.67 bits per heavy atom. The highest BCUT2D eigenvalue weighted by Crippen LogP contribution is 2.32. The van der Waals surface area contributed by atoms with Crippen molar-refractivity contribution in [2.45, 2.75) is 45.7 Å². The maximum atomic E-state index is 12.2. The highest BCUT2D eigenvalue weighted by atomic mass is 16.5. The summed E-state index contributed by atoms with van der Waals surface area (Å²) in [6.07, 6.45) is 0.678. The Labute approximate surface area is 140 Å². The lowest BCUT2D eigenvalue weighted by Gasteiger charge is -2.30. The van der Waals surface area contributed by atoms with Gasteiger partial charge < -0.3 is 9.64 Å². The standard InChI is InChI=1S/C18H21NO5/c1-10(19-16(18(23)24-4)5-6-17(19)22)13-7-14(11(2)20)9-15(8-13)12(3)21/h7-10,16H,5-6H2,1-4H3. The van der Waals surface area contributed by atoms with E-state index in [9.17, 15) is 19.2 Å². The van der Waals surface area contributed by atoms with Gasteiger partial charge in [-0.25, -0.2) is 4.79 Å². The maximum absolute atomic E-state index is 12.2. The number of nitrogens with zero attached hydrogens (tertiary/aromatic N) is 1. The van der Waals surface area contributed by atoms with E-state index in [0.717, 1.165) is 0 Å². The number of amides is 1. The Hall–Kier alpha value is -2.50. The van der Waals surface area contributed by atoms with Crippen molar-refractivity contribution < 1.29 is 23.9 Å². The fourth-order valence-electron chi connectivity index (χ4n) is 3.02. The van der Waals surface area contributed by atoms with E-state index in [4.69, 9.17) is 4.74 Å². The minimum atomic E-state index is -0.640. The largest absolute Gasteiger partial charge is 0.467 e. The summed E-state index contributed by atoms with van der Waals surface area (Å²) in [5.41, 5.74) is 1.47. The van der Waals surface area contributed by atoms with Crippen molar-refractivity contribution in [1.29, 1.82) is 0 Å². The molecule has 1 amide bonds. The first kappa shape index (κ1) is 17.8. The van der Waals surface area contributed by atoms with Gasteiger partial charge in [-0.05, 0) is 51.0 Å². The van der Waals surface area contributed by atoms with Crippen LogP contribution in [0.5, 0.6) is 0 Å². The zero-order chi connectivity index (χ0) is 18.0. The van der Waals surface area contributed by atoms with E-state index in [1.807, 2.05) is 0 Å². The minimum Gasteiger partial charge on any atom is -0.467 e. The van der Waals surface area contributed by atoms with Crippen molar-refractivity contribution in [2.75, 3.05) is 7.11 Å². The Morgan fingerprint density at radius 1 is 1.12 bits per heavy atom. The molecule has 0 aliphatic carbocycles. The van der Waals surface area contributed by atoms with Crippen LogP contribution in [0.3, 0.4) is 0 Å². The number of ketones is 2. The highest BCUT2D eigenvalue weighted by molar-refractivity contribution is 6.00. The van der Waals surface area contributed by atoms with Crippen LogP contribution in [0.15, 0.2) is 18.2 Å². The van der Waals surface area contributed by atoms with E-state index < -0.39 is 18.1 Å². The number of benzene rings is 1. The number of hydrogen-bond acceptors (Lipinski definition) is 5. The molecule has 1 aromatic carbocycles. The van der Waals surface area contributed by atoms with Crippen LogP contribution in [0, 0.1) is 0 Å². The molecular formula is C18H21NO5. The number of hydrogen-bond donors (Lipinski definition) is 0. The van der Waals surface area contributed by atoms with Crippen LogP contribution < -0.4 is 0 Å². The van der Waals surface area contributed by atoms with Crippen molar-refractivity contribution in [3.8, 4) is 0 Å². The molecule has 0 aromatic heterocycles. The molecule has 1 aliphatic rings. The lowest BCUT2D eigenvalue weighted by Crippen LogP contribution is -2.41. The van der Waals surface area contributed by atoms with Crippen LogP contribution in [-0.2, 0) is 14.3 Å². The Bertz CT molecular complexity index is 677. The Kier molecular flexibility index (Phi) is 5.17. The van der Waals surface area contributed by atoms with Crippen LogP contribution in [0.25, 0.3) is 0 Å². The summed E-state index contributed by atoms with van der Waals surface area (Å²) in [6.45, 7) is 4.63. The van der Waals surface area contributed by atoms with Crippen LogP contribution in [0.2, 0.25) is 0 Å². The highest BCUT2D eigenvalue weighted by Gasteiger charge is 2.40. The molecule has 1 fully saturated rings. The zero-order valence-corrected chi connectivity index (χ0v) is 14.3. The third-order valence-corrected chi connectivity index (χ3v) is 4.40. The number of carbonyl (C=O) groups is 4. The van der Waals surface area contributed by atoms with E-state index in [2.05, 4.69) is 0 Å². The second-order valence-corrected chi connectivity index (χ2v) is 6.01. The van der Waals surface area contributed by atoms with Gasteiger partial charge in [-0.3, -0.25) is 14.4 Å². The number of likely N-dealkylation sites (tertiary alicyclic amines) is 1. The molecule has 0 bridgehead atoms. The van der Waals surface area contributed by atoms with Crippen molar-refractivity contribution >= 4 is 23.4 Å². The monoisotopic (exact) mass is 331 g/mol. The third-order valence-electron chi connectivity index (χ3n) is 4.40. The fraction of sp³-hybridized carbons (Fsp3) is 0.444. The molecule has 128 valence electrons. The van der Waals surface area contributed by atoms with Gasteiger partial charge in [0.15, 0.2) is 11.6 Å². The van der Waals surface area contributed by atoms with Gasteiger partial charge in [-0.1, -0.05) is 0 Å². The Balaban J connectivity index is 2.45. The summed E-state index contributed by atoms with van der Waals surface area (Å²) in [5, 5.41) is 0. The average molecular weight is 331 g/mol. The van der Waals surface area contributed by atoms with Gasteiger partial charge in [0, 0.05) is 17.5 Å². The molecule has 0 N–H and O–H groups in total. The third kappa shape index (κ3) is 3.37. The molecule has 1 saturated heterocycles. The van der Waals surface area contributed by atoms with Crippen LogP contribution in [0.4, 0.5) is 0 Å². The number of rotatable bonds is 5. The van der Waals surface area contributed by atoms with Gasteiger partial charge in [0.1, 0.15) is 6.04 Å². The molecule has 1 aliphatic heterocycles. The van der Waals surface area contributed by atoms with Crippen LogP contribution >= 0.6 is 0 Å². The summed E-state index contributed by atoms with van der Waals surface area (Å²) in [7, 11) is 1.29. The molecule has 2 atom stereocenters. The number of esters is 1. The lowest BCUT2D eigenvalue weighted by atomic mass is 9.96. The molecule has 6 heteroatoms. The van der Waals surface area contributed by atoms with Gasteiger partial charge in [-0.15, -0.1) is 0 Å². The van der Waals surface area contributed by atoms with Crippen molar-refractivity contribution in [2.24, 2.45) is 0 Å². The smallest absolute Gasteiger partial charge is 0.328 e.